The SMILES string of the molecule is BrCCn1cc2cc1C(c1ccccc1)=C1C=CC(=N1)C(c1ccccc1)=c1ccc([nH]1)=C(c1ccccc1)C1=NC(=C2c2ccccc2)C=C1. The van der Waals surface area contributed by atoms with Gasteiger partial charge in [0.15, 0.2) is 0 Å². The summed E-state index contributed by atoms with van der Waals surface area (Å²) in [7, 11) is 0. The molecule has 3 aliphatic heterocycles. The Labute approximate surface area is 305 Å². The van der Waals surface area contributed by atoms with Gasteiger partial charge in [0, 0.05) is 56.6 Å². The molecule has 3 aliphatic rings. The summed E-state index contributed by atoms with van der Waals surface area (Å²) >= 11 is 3.75. The van der Waals surface area contributed by atoms with Crippen LogP contribution in [0.1, 0.15) is 33.5 Å². The standard InChI is InChI=1S/C46H33BrN4/c47-27-28-51-30-35-29-42(51)46(34-19-11-4-12-20-34)41-26-25-40(50-41)45(33-17-9-3-10-18-33)39-24-23-38(49-39)44(32-15-7-2-8-16-32)37-22-21-36(48-37)43(35)31-13-5-1-6-14-31/h1-26,29-30,49H,27-28H2. The van der Waals surface area contributed by atoms with Crippen molar-refractivity contribution in [1.82, 2.24) is 9.55 Å². The smallest absolute Gasteiger partial charge is 0.0737 e. The van der Waals surface area contributed by atoms with Crippen LogP contribution < -0.4 is 10.7 Å². The largest absolute Gasteiger partial charge is 0.354 e. The normalized spacial score (nSPS) is 15.2. The lowest BCUT2D eigenvalue weighted by atomic mass is 9.96. The van der Waals surface area contributed by atoms with Crippen LogP contribution in [0.2, 0.25) is 0 Å². The minimum Gasteiger partial charge on any atom is -0.354 e. The van der Waals surface area contributed by atoms with Gasteiger partial charge in [-0.15, -0.1) is 0 Å². The first-order chi connectivity index (χ1) is 25.2. The number of benzene rings is 4. The third kappa shape index (κ3) is 5.76. The molecule has 0 amide bonds. The zero-order valence-electron chi connectivity index (χ0n) is 27.8. The van der Waals surface area contributed by atoms with E-state index in [2.05, 4.69) is 196 Å². The number of rotatable bonds is 6. The van der Waals surface area contributed by atoms with Gasteiger partial charge in [-0.2, -0.15) is 0 Å². The monoisotopic (exact) mass is 720 g/mol. The van der Waals surface area contributed by atoms with Crippen molar-refractivity contribution in [2.45, 2.75) is 6.54 Å². The second-order valence-corrected chi connectivity index (χ2v) is 13.5. The maximum atomic E-state index is 5.44. The molecule has 0 saturated carbocycles. The molecule has 0 unspecified atom stereocenters. The minimum absolute atomic E-state index is 0.791. The number of allylic oxidation sites excluding steroid dienone is 4. The summed E-state index contributed by atoms with van der Waals surface area (Å²) in [5.74, 6) is 0. The van der Waals surface area contributed by atoms with Crippen LogP contribution >= 0.6 is 15.9 Å². The van der Waals surface area contributed by atoms with Gasteiger partial charge in [-0.1, -0.05) is 137 Å². The average Bonchev–Trinajstić information content (AvgIpc) is 4.01. The van der Waals surface area contributed by atoms with Gasteiger partial charge < -0.3 is 9.55 Å². The first-order valence-corrected chi connectivity index (χ1v) is 18.3. The van der Waals surface area contributed by atoms with Gasteiger partial charge in [-0.25, -0.2) is 9.98 Å². The number of halogens is 1. The molecule has 5 heterocycles. The van der Waals surface area contributed by atoms with Crippen molar-refractivity contribution >= 4 is 49.6 Å². The topological polar surface area (TPSA) is 45.4 Å². The number of fused-ring (bicyclic) bond motifs is 6. The number of aromatic amines is 1. The molecule has 2 aromatic heterocycles. The fourth-order valence-electron chi connectivity index (χ4n) is 7.29. The van der Waals surface area contributed by atoms with E-state index in [1.165, 1.54) is 0 Å². The highest BCUT2D eigenvalue weighted by Gasteiger charge is 2.24. The molecule has 9 rings (SSSR count). The first kappa shape index (κ1) is 31.0. The summed E-state index contributed by atoms with van der Waals surface area (Å²) in [5.41, 5.74) is 14.6. The Morgan fingerprint density at radius 1 is 0.471 bits per heavy atom. The van der Waals surface area contributed by atoms with Crippen molar-refractivity contribution in [3.05, 3.63) is 226 Å². The zero-order valence-corrected chi connectivity index (χ0v) is 29.4. The molecule has 8 bridgehead atoms. The van der Waals surface area contributed by atoms with Gasteiger partial charge in [0.25, 0.3) is 0 Å². The Morgan fingerprint density at radius 2 is 0.902 bits per heavy atom. The van der Waals surface area contributed by atoms with E-state index in [9.17, 15) is 0 Å². The average molecular weight is 722 g/mol. The molecule has 5 heteroatoms. The Hall–Kier alpha value is -6.04. The lowest BCUT2D eigenvalue weighted by Gasteiger charge is -2.14. The van der Waals surface area contributed by atoms with Gasteiger partial charge in [-0.3, -0.25) is 0 Å². The Bertz CT molecular complexity index is 2600. The third-order valence-electron chi connectivity index (χ3n) is 9.55. The molecule has 0 fully saturated rings. The summed E-state index contributed by atoms with van der Waals surface area (Å²) < 4.78 is 2.35. The van der Waals surface area contributed by atoms with Crippen LogP contribution in [0.4, 0.5) is 0 Å². The number of hydrogen-bond donors (Lipinski definition) is 1. The van der Waals surface area contributed by atoms with Crippen LogP contribution in [0.25, 0.3) is 22.3 Å². The number of hydrogen-bond acceptors (Lipinski definition) is 2. The second kappa shape index (κ2) is 13.3. The molecule has 0 spiro atoms. The lowest BCUT2D eigenvalue weighted by molar-refractivity contribution is 0.770. The number of nitrogens with zero attached hydrogens (tertiary/aromatic N) is 3. The van der Waals surface area contributed by atoms with Crippen molar-refractivity contribution in [3.8, 4) is 0 Å². The van der Waals surface area contributed by atoms with Crippen molar-refractivity contribution in [2.75, 3.05) is 5.33 Å². The third-order valence-corrected chi connectivity index (χ3v) is 9.90. The van der Waals surface area contributed by atoms with E-state index in [0.717, 1.165) is 101 Å². The highest BCUT2D eigenvalue weighted by Crippen LogP contribution is 2.38. The van der Waals surface area contributed by atoms with E-state index in [1.807, 2.05) is 0 Å². The summed E-state index contributed by atoms with van der Waals surface area (Å²) in [5, 5.41) is 2.80. The predicted octanol–water partition coefficient (Wildman–Crippen LogP) is 8.86. The number of aromatic nitrogens is 2. The number of H-pyrrole nitrogens is 1. The number of alkyl halides is 1. The number of nitrogens with one attached hydrogen (secondary N) is 1. The Balaban J connectivity index is 1.44. The molecule has 0 saturated heterocycles. The van der Waals surface area contributed by atoms with Crippen molar-refractivity contribution in [1.29, 1.82) is 0 Å². The number of aliphatic imine (C=N–C) groups is 2. The van der Waals surface area contributed by atoms with Crippen molar-refractivity contribution < 1.29 is 0 Å². The molecule has 6 aromatic rings. The van der Waals surface area contributed by atoms with Crippen LogP contribution in [-0.2, 0) is 6.54 Å². The van der Waals surface area contributed by atoms with E-state index >= 15 is 0 Å². The molecule has 0 atom stereocenters. The molecular formula is C46H33BrN4. The van der Waals surface area contributed by atoms with E-state index in [4.69, 9.17) is 9.98 Å². The molecule has 51 heavy (non-hydrogen) atoms. The van der Waals surface area contributed by atoms with Gasteiger partial charge >= 0.3 is 0 Å². The molecule has 244 valence electrons. The maximum absolute atomic E-state index is 5.44. The van der Waals surface area contributed by atoms with Crippen LogP contribution in [0.3, 0.4) is 0 Å². The highest BCUT2D eigenvalue weighted by atomic mass is 79.9. The van der Waals surface area contributed by atoms with E-state index in [1.54, 1.807) is 0 Å². The van der Waals surface area contributed by atoms with E-state index in [0.29, 0.717) is 0 Å². The zero-order chi connectivity index (χ0) is 34.1. The fraction of sp³-hybridized carbons (Fsp3) is 0.0435. The van der Waals surface area contributed by atoms with Crippen molar-refractivity contribution in [3.63, 3.8) is 0 Å². The van der Waals surface area contributed by atoms with E-state index < -0.39 is 0 Å². The van der Waals surface area contributed by atoms with Crippen LogP contribution in [-0.4, -0.2) is 26.3 Å². The molecule has 1 N–H and O–H groups in total. The molecule has 4 aromatic carbocycles. The summed E-state index contributed by atoms with van der Waals surface area (Å²) in [6.07, 6.45) is 10.9. The summed E-state index contributed by atoms with van der Waals surface area (Å²) in [4.78, 5) is 14.7. The number of aryl methyl sites for hydroxylation is 1. The molecule has 0 radical (unpaired) electrons. The van der Waals surface area contributed by atoms with Gasteiger partial charge in [0.2, 0.25) is 0 Å². The highest BCUT2D eigenvalue weighted by molar-refractivity contribution is 9.09. The summed E-state index contributed by atoms with van der Waals surface area (Å²) in [6.45, 7) is 0.791. The predicted molar refractivity (Wildman–Crippen MR) is 214 cm³/mol. The van der Waals surface area contributed by atoms with Crippen LogP contribution in [0.15, 0.2) is 191 Å². The lowest BCUT2D eigenvalue weighted by Crippen LogP contribution is -2.21. The molecular weight excluding hydrogens is 688 g/mol. The maximum Gasteiger partial charge on any atom is 0.0737 e. The van der Waals surface area contributed by atoms with Crippen LogP contribution in [0, 0.1) is 0 Å². The van der Waals surface area contributed by atoms with Crippen LogP contribution in [0.5, 0.6) is 0 Å². The summed E-state index contributed by atoms with van der Waals surface area (Å²) in [6, 6.07) is 49.0. The first-order valence-electron chi connectivity index (χ1n) is 17.2. The fourth-order valence-corrected chi connectivity index (χ4v) is 7.67. The van der Waals surface area contributed by atoms with Gasteiger partial charge in [0.05, 0.1) is 28.5 Å². The second-order valence-electron chi connectivity index (χ2n) is 12.7. The van der Waals surface area contributed by atoms with Gasteiger partial charge in [0.1, 0.15) is 0 Å². The Morgan fingerprint density at radius 3 is 1.37 bits per heavy atom. The molecule has 4 nitrogen and oxygen atoms in total. The molecule has 0 aliphatic carbocycles. The van der Waals surface area contributed by atoms with E-state index in [-0.39, 0.29) is 0 Å². The Kier molecular flexibility index (Phi) is 8.11. The quantitative estimate of drug-likeness (QED) is 0.167. The minimum atomic E-state index is 0.791. The van der Waals surface area contributed by atoms with Gasteiger partial charge in [-0.05, 0) is 64.8 Å². The van der Waals surface area contributed by atoms with Crippen molar-refractivity contribution in [2.24, 2.45) is 9.98 Å².